The molecule has 5 heteroatoms. The van der Waals surface area contributed by atoms with Crippen LogP contribution in [-0.2, 0) is 4.79 Å². The fourth-order valence-corrected chi connectivity index (χ4v) is 1.66. The van der Waals surface area contributed by atoms with Gasteiger partial charge in [-0.25, -0.2) is 0 Å². The third-order valence-corrected chi connectivity index (χ3v) is 3.46. The summed E-state index contributed by atoms with van der Waals surface area (Å²) in [6, 6.07) is 3.40. The van der Waals surface area contributed by atoms with Crippen molar-refractivity contribution in [2.24, 2.45) is 5.41 Å². The summed E-state index contributed by atoms with van der Waals surface area (Å²) < 4.78 is 10.9. The van der Waals surface area contributed by atoms with Crippen LogP contribution in [0.1, 0.15) is 27.2 Å². The summed E-state index contributed by atoms with van der Waals surface area (Å²) in [7, 11) is 0. The van der Waals surface area contributed by atoms with E-state index in [0.29, 0.717) is 36.1 Å². The number of rotatable bonds is 3. The number of carbonyl (C=O) groups is 1. The number of carbonyl (C=O) groups excluding carboxylic acids is 1. The van der Waals surface area contributed by atoms with Gasteiger partial charge in [0.15, 0.2) is 11.5 Å². The summed E-state index contributed by atoms with van der Waals surface area (Å²) in [6.07, 6.45) is 0.753. The van der Waals surface area contributed by atoms with E-state index < -0.39 is 5.41 Å². The van der Waals surface area contributed by atoms with Crippen LogP contribution in [0.3, 0.4) is 0 Å². The van der Waals surface area contributed by atoms with Gasteiger partial charge in [-0.2, -0.15) is 0 Å². The van der Waals surface area contributed by atoms with Gasteiger partial charge in [0, 0.05) is 17.5 Å². The normalized spacial score (nSPS) is 14.1. The first-order chi connectivity index (χ1) is 8.94. The van der Waals surface area contributed by atoms with Crippen molar-refractivity contribution >= 4 is 17.3 Å². The lowest BCUT2D eigenvalue weighted by atomic mass is 9.89. The van der Waals surface area contributed by atoms with E-state index in [0.717, 1.165) is 6.42 Å². The lowest BCUT2D eigenvalue weighted by Crippen LogP contribution is -2.30. The van der Waals surface area contributed by atoms with E-state index >= 15 is 0 Å². The van der Waals surface area contributed by atoms with Crippen molar-refractivity contribution in [1.82, 2.24) is 0 Å². The number of hydrogen-bond donors (Lipinski definition) is 2. The Morgan fingerprint density at radius 2 is 1.89 bits per heavy atom. The zero-order chi connectivity index (χ0) is 14.0. The van der Waals surface area contributed by atoms with Gasteiger partial charge in [0.25, 0.3) is 0 Å². The van der Waals surface area contributed by atoms with E-state index in [2.05, 4.69) is 5.32 Å². The maximum absolute atomic E-state index is 12.1. The number of benzene rings is 1. The summed E-state index contributed by atoms with van der Waals surface area (Å²) in [5.41, 5.74) is 6.54. The fourth-order valence-electron chi connectivity index (χ4n) is 1.66. The first kappa shape index (κ1) is 13.5. The minimum Gasteiger partial charge on any atom is -0.486 e. The third-order valence-electron chi connectivity index (χ3n) is 3.46. The highest BCUT2D eigenvalue weighted by Crippen LogP contribution is 2.37. The second-order valence-corrected chi connectivity index (χ2v) is 5.27. The maximum atomic E-state index is 12.1. The molecule has 104 valence electrons. The van der Waals surface area contributed by atoms with Gasteiger partial charge < -0.3 is 20.5 Å². The van der Waals surface area contributed by atoms with Gasteiger partial charge in [-0.3, -0.25) is 4.79 Å². The number of fused-ring (bicyclic) bond motifs is 1. The average molecular weight is 264 g/mol. The van der Waals surface area contributed by atoms with E-state index in [4.69, 9.17) is 15.2 Å². The number of nitrogens with two attached hydrogens (primary N) is 1. The summed E-state index contributed by atoms with van der Waals surface area (Å²) in [5.74, 6) is 1.18. The molecule has 0 atom stereocenters. The summed E-state index contributed by atoms with van der Waals surface area (Å²) >= 11 is 0. The quantitative estimate of drug-likeness (QED) is 0.822. The molecule has 1 aromatic carbocycles. The van der Waals surface area contributed by atoms with Crippen molar-refractivity contribution in [3.05, 3.63) is 12.1 Å². The van der Waals surface area contributed by atoms with Crippen molar-refractivity contribution in [2.75, 3.05) is 24.3 Å². The molecule has 2 rings (SSSR count). The Morgan fingerprint density at radius 1 is 1.32 bits per heavy atom. The van der Waals surface area contributed by atoms with Crippen LogP contribution in [-0.4, -0.2) is 19.1 Å². The summed E-state index contributed by atoms with van der Waals surface area (Å²) in [6.45, 7) is 6.80. The first-order valence-corrected chi connectivity index (χ1v) is 6.44. The number of hydrogen-bond acceptors (Lipinski definition) is 4. The molecule has 1 aromatic rings. The first-order valence-electron chi connectivity index (χ1n) is 6.44. The van der Waals surface area contributed by atoms with Gasteiger partial charge in [0.2, 0.25) is 5.91 Å². The zero-order valence-corrected chi connectivity index (χ0v) is 11.6. The van der Waals surface area contributed by atoms with E-state index in [1.165, 1.54) is 0 Å². The lowest BCUT2D eigenvalue weighted by molar-refractivity contribution is -0.124. The highest BCUT2D eigenvalue weighted by atomic mass is 16.6. The van der Waals surface area contributed by atoms with Gasteiger partial charge in [0.05, 0.1) is 11.4 Å². The Kier molecular flexibility index (Phi) is 3.55. The van der Waals surface area contributed by atoms with Crippen LogP contribution >= 0.6 is 0 Å². The highest BCUT2D eigenvalue weighted by Gasteiger charge is 2.26. The molecular weight excluding hydrogens is 244 g/mol. The zero-order valence-electron chi connectivity index (χ0n) is 11.6. The van der Waals surface area contributed by atoms with Gasteiger partial charge in [-0.15, -0.1) is 0 Å². The van der Waals surface area contributed by atoms with Crippen molar-refractivity contribution < 1.29 is 14.3 Å². The molecule has 0 saturated carbocycles. The topological polar surface area (TPSA) is 73.6 Å². The molecule has 0 unspecified atom stereocenters. The van der Waals surface area contributed by atoms with Crippen LogP contribution in [0.2, 0.25) is 0 Å². The molecule has 19 heavy (non-hydrogen) atoms. The van der Waals surface area contributed by atoms with Gasteiger partial charge in [-0.1, -0.05) is 20.8 Å². The molecule has 0 fully saturated rings. The van der Waals surface area contributed by atoms with Crippen LogP contribution in [0, 0.1) is 5.41 Å². The second kappa shape index (κ2) is 4.99. The number of nitrogen functional groups attached to an aromatic ring is 1. The summed E-state index contributed by atoms with van der Waals surface area (Å²) in [5, 5.41) is 2.85. The average Bonchev–Trinajstić information content (AvgIpc) is 2.39. The van der Waals surface area contributed by atoms with Crippen molar-refractivity contribution in [3.8, 4) is 11.5 Å². The molecule has 0 aliphatic carbocycles. The Balaban J connectivity index is 2.24. The molecular formula is C14H20N2O3. The van der Waals surface area contributed by atoms with Crippen LogP contribution in [0.25, 0.3) is 0 Å². The smallest absolute Gasteiger partial charge is 0.230 e. The predicted octanol–water partition coefficient (Wildman–Crippen LogP) is 2.41. The predicted molar refractivity (Wildman–Crippen MR) is 74.5 cm³/mol. The van der Waals surface area contributed by atoms with Gasteiger partial charge >= 0.3 is 0 Å². The molecule has 0 spiro atoms. The lowest BCUT2D eigenvalue weighted by Gasteiger charge is -2.24. The van der Waals surface area contributed by atoms with Crippen LogP contribution < -0.4 is 20.5 Å². The number of amides is 1. The molecule has 1 aliphatic heterocycles. The Morgan fingerprint density at radius 3 is 2.47 bits per heavy atom. The van der Waals surface area contributed by atoms with E-state index in [1.54, 1.807) is 12.1 Å². The molecule has 0 radical (unpaired) electrons. The van der Waals surface area contributed by atoms with E-state index in [1.807, 2.05) is 20.8 Å². The molecule has 3 N–H and O–H groups in total. The molecule has 1 aliphatic rings. The van der Waals surface area contributed by atoms with E-state index in [9.17, 15) is 4.79 Å². The highest BCUT2D eigenvalue weighted by molar-refractivity contribution is 5.97. The molecule has 0 bridgehead atoms. The largest absolute Gasteiger partial charge is 0.486 e. The van der Waals surface area contributed by atoms with Crippen LogP contribution in [0.4, 0.5) is 11.4 Å². The number of anilines is 2. The molecule has 1 heterocycles. The monoisotopic (exact) mass is 264 g/mol. The standard InChI is InChI=1S/C14H20N2O3/c1-4-14(2,3)13(17)16-10-8-12-11(7-9(10)15)18-5-6-19-12/h7-8H,4-6,15H2,1-3H3,(H,16,17). The molecule has 0 saturated heterocycles. The Hall–Kier alpha value is -1.91. The molecule has 1 amide bonds. The molecule has 0 aromatic heterocycles. The van der Waals surface area contributed by atoms with Crippen molar-refractivity contribution in [2.45, 2.75) is 27.2 Å². The van der Waals surface area contributed by atoms with Gasteiger partial charge in [0.1, 0.15) is 13.2 Å². The van der Waals surface area contributed by atoms with Crippen molar-refractivity contribution in [1.29, 1.82) is 0 Å². The Bertz CT molecular complexity index is 498. The summed E-state index contributed by atoms with van der Waals surface area (Å²) in [4.78, 5) is 12.1. The van der Waals surface area contributed by atoms with Crippen LogP contribution in [0.5, 0.6) is 11.5 Å². The Labute approximate surface area is 113 Å². The second-order valence-electron chi connectivity index (χ2n) is 5.27. The van der Waals surface area contributed by atoms with E-state index in [-0.39, 0.29) is 5.91 Å². The maximum Gasteiger partial charge on any atom is 0.230 e. The SMILES string of the molecule is CCC(C)(C)C(=O)Nc1cc2c(cc1N)OCCO2. The fraction of sp³-hybridized carbons (Fsp3) is 0.500. The minimum absolute atomic E-state index is 0.0571. The number of nitrogens with one attached hydrogen (secondary N) is 1. The minimum atomic E-state index is -0.431. The number of ether oxygens (including phenoxy) is 2. The molecule has 5 nitrogen and oxygen atoms in total. The van der Waals surface area contributed by atoms with Gasteiger partial charge in [-0.05, 0) is 6.42 Å². The van der Waals surface area contributed by atoms with Crippen LogP contribution in [0.15, 0.2) is 12.1 Å². The van der Waals surface area contributed by atoms with Crippen molar-refractivity contribution in [3.63, 3.8) is 0 Å². The third kappa shape index (κ3) is 2.75.